The molecule has 0 aromatic rings. The summed E-state index contributed by atoms with van der Waals surface area (Å²) < 4.78 is 0. The Morgan fingerprint density at radius 3 is 2.75 bits per heavy atom. The first-order valence-electron chi connectivity index (χ1n) is 6.43. The predicted octanol–water partition coefficient (Wildman–Crippen LogP) is 3.04. The van der Waals surface area contributed by atoms with E-state index in [4.69, 9.17) is 11.6 Å². The molecule has 2 nitrogen and oxygen atoms in total. The first kappa shape index (κ1) is 12.2. The summed E-state index contributed by atoms with van der Waals surface area (Å²) in [5, 5.41) is 0. The Balaban J connectivity index is 1.90. The average Bonchev–Trinajstić information content (AvgIpc) is 2.69. The van der Waals surface area contributed by atoms with Crippen LogP contribution in [0.15, 0.2) is 0 Å². The standard InChI is InChI=1S/C13H22ClNO/c1-13(2)9-11(13)12(16)15-8-4-6-10(15)5-3-7-14/h10-11H,3-9H2,1-2H3. The normalized spacial score (nSPS) is 31.8. The van der Waals surface area contributed by atoms with E-state index in [0.717, 1.165) is 25.8 Å². The maximum Gasteiger partial charge on any atom is 0.226 e. The molecule has 16 heavy (non-hydrogen) atoms. The maximum absolute atomic E-state index is 12.3. The van der Waals surface area contributed by atoms with Gasteiger partial charge in [-0.05, 0) is 37.5 Å². The van der Waals surface area contributed by atoms with Crippen LogP contribution in [-0.2, 0) is 4.79 Å². The first-order valence-corrected chi connectivity index (χ1v) is 6.96. The third-order valence-corrected chi connectivity index (χ3v) is 4.41. The molecule has 0 aromatic heterocycles. The summed E-state index contributed by atoms with van der Waals surface area (Å²) in [6.07, 6.45) is 5.54. The van der Waals surface area contributed by atoms with Gasteiger partial charge in [-0.1, -0.05) is 13.8 Å². The van der Waals surface area contributed by atoms with Gasteiger partial charge in [-0.25, -0.2) is 0 Å². The van der Waals surface area contributed by atoms with E-state index >= 15 is 0 Å². The SMILES string of the molecule is CC1(C)CC1C(=O)N1CCCC1CCCCl. The Kier molecular flexibility index (Phi) is 3.48. The average molecular weight is 244 g/mol. The van der Waals surface area contributed by atoms with E-state index in [1.165, 1.54) is 12.8 Å². The van der Waals surface area contributed by atoms with Gasteiger partial charge in [0, 0.05) is 24.4 Å². The van der Waals surface area contributed by atoms with E-state index < -0.39 is 0 Å². The molecule has 2 atom stereocenters. The van der Waals surface area contributed by atoms with Gasteiger partial charge in [0.15, 0.2) is 0 Å². The molecule has 1 aliphatic heterocycles. The zero-order valence-electron chi connectivity index (χ0n) is 10.3. The van der Waals surface area contributed by atoms with Crippen molar-refractivity contribution in [3.63, 3.8) is 0 Å². The molecule has 2 fully saturated rings. The molecule has 2 aliphatic rings. The largest absolute Gasteiger partial charge is 0.339 e. The van der Waals surface area contributed by atoms with Crippen molar-refractivity contribution >= 4 is 17.5 Å². The summed E-state index contributed by atoms with van der Waals surface area (Å²) in [4.78, 5) is 14.4. The second-order valence-electron chi connectivity index (χ2n) is 5.90. The molecule has 92 valence electrons. The lowest BCUT2D eigenvalue weighted by molar-refractivity contribution is -0.134. The summed E-state index contributed by atoms with van der Waals surface area (Å²) in [7, 11) is 0. The molecule has 1 saturated heterocycles. The molecule has 3 heteroatoms. The first-order chi connectivity index (χ1) is 7.56. The molecular formula is C13H22ClNO. The van der Waals surface area contributed by atoms with E-state index in [-0.39, 0.29) is 5.41 Å². The van der Waals surface area contributed by atoms with Crippen LogP contribution in [0.3, 0.4) is 0 Å². The van der Waals surface area contributed by atoms with Gasteiger partial charge >= 0.3 is 0 Å². The van der Waals surface area contributed by atoms with Crippen LogP contribution in [0.4, 0.5) is 0 Å². The maximum atomic E-state index is 12.3. The Hall–Kier alpha value is -0.240. The van der Waals surface area contributed by atoms with E-state index in [1.54, 1.807) is 0 Å². The second-order valence-corrected chi connectivity index (χ2v) is 6.28. The van der Waals surface area contributed by atoms with Crippen molar-refractivity contribution in [2.24, 2.45) is 11.3 Å². The molecule has 1 saturated carbocycles. The highest BCUT2D eigenvalue weighted by atomic mass is 35.5. The number of nitrogens with zero attached hydrogens (tertiary/aromatic N) is 1. The fourth-order valence-corrected chi connectivity index (χ4v) is 2.98. The Morgan fingerprint density at radius 2 is 2.19 bits per heavy atom. The predicted molar refractivity (Wildman–Crippen MR) is 66.6 cm³/mol. The van der Waals surface area contributed by atoms with Crippen LogP contribution in [0.1, 0.15) is 46.0 Å². The Morgan fingerprint density at radius 1 is 1.50 bits per heavy atom. The number of carbonyl (C=O) groups is 1. The number of alkyl halides is 1. The summed E-state index contributed by atoms with van der Waals surface area (Å²) in [6, 6.07) is 0.475. The topological polar surface area (TPSA) is 20.3 Å². The van der Waals surface area contributed by atoms with Crippen LogP contribution >= 0.6 is 11.6 Å². The van der Waals surface area contributed by atoms with Gasteiger partial charge in [0.05, 0.1) is 0 Å². The van der Waals surface area contributed by atoms with Crippen LogP contribution in [0, 0.1) is 11.3 Å². The Labute approximate surface area is 103 Å². The number of hydrogen-bond acceptors (Lipinski definition) is 1. The molecule has 0 bridgehead atoms. The molecule has 0 aromatic carbocycles. The van der Waals surface area contributed by atoms with Crippen LogP contribution in [0.5, 0.6) is 0 Å². The van der Waals surface area contributed by atoms with Gasteiger partial charge in [0.2, 0.25) is 5.91 Å². The summed E-state index contributed by atoms with van der Waals surface area (Å²) in [5.41, 5.74) is 0.261. The number of halogens is 1. The van der Waals surface area contributed by atoms with Crippen LogP contribution in [0.25, 0.3) is 0 Å². The van der Waals surface area contributed by atoms with Gasteiger partial charge in [-0.2, -0.15) is 0 Å². The fraction of sp³-hybridized carbons (Fsp3) is 0.923. The molecule has 1 amide bonds. The molecule has 1 heterocycles. The highest BCUT2D eigenvalue weighted by Crippen LogP contribution is 2.53. The third kappa shape index (κ3) is 2.37. The van der Waals surface area contributed by atoms with Crippen molar-refractivity contribution in [1.29, 1.82) is 0 Å². The van der Waals surface area contributed by atoms with Crippen LogP contribution < -0.4 is 0 Å². The van der Waals surface area contributed by atoms with Gasteiger partial charge in [0.1, 0.15) is 0 Å². The van der Waals surface area contributed by atoms with E-state index in [1.807, 2.05) is 0 Å². The quantitative estimate of drug-likeness (QED) is 0.695. The minimum atomic E-state index is 0.261. The van der Waals surface area contributed by atoms with Crippen molar-refractivity contribution < 1.29 is 4.79 Å². The molecule has 0 N–H and O–H groups in total. The molecule has 0 spiro atoms. The number of carbonyl (C=O) groups excluding carboxylic acids is 1. The number of rotatable bonds is 4. The molecular weight excluding hydrogens is 222 g/mol. The number of hydrogen-bond donors (Lipinski definition) is 0. The lowest BCUT2D eigenvalue weighted by atomic mass is 10.1. The van der Waals surface area contributed by atoms with Crippen molar-refractivity contribution in [3.8, 4) is 0 Å². The van der Waals surface area contributed by atoms with E-state index in [2.05, 4.69) is 18.7 Å². The smallest absolute Gasteiger partial charge is 0.226 e. The minimum absolute atomic E-state index is 0.261. The molecule has 2 unspecified atom stereocenters. The van der Waals surface area contributed by atoms with Crippen LogP contribution in [0.2, 0.25) is 0 Å². The van der Waals surface area contributed by atoms with E-state index in [9.17, 15) is 4.79 Å². The van der Waals surface area contributed by atoms with Crippen molar-refractivity contribution in [3.05, 3.63) is 0 Å². The number of likely N-dealkylation sites (tertiary alicyclic amines) is 1. The zero-order valence-corrected chi connectivity index (χ0v) is 11.1. The lowest BCUT2D eigenvalue weighted by Gasteiger charge is -2.25. The lowest BCUT2D eigenvalue weighted by Crippen LogP contribution is -2.37. The monoisotopic (exact) mass is 243 g/mol. The minimum Gasteiger partial charge on any atom is -0.339 e. The highest BCUT2D eigenvalue weighted by molar-refractivity contribution is 6.17. The molecule has 0 radical (unpaired) electrons. The molecule has 1 aliphatic carbocycles. The van der Waals surface area contributed by atoms with E-state index in [0.29, 0.717) is 23.7 Å². The fourth-order valence-electron chi connectivity index (χ4n) is 2.83. The highest BCUT2D eigenvalue weighted by Gasteiger charge is 2.52. The zero-order chi connectivity index (χ0) is 11.8. The van der Waals surface area contributed by atoms with Gasteiger partial charge in [-0.15, -0.1) is 11.6 Å². The number of amides is 1. The molecule has 2 rings (SSSR count). The van der Waals surface area contributed by atoms with Gasteiger partial charge in [0.25, 0.3) is 0 Å². The summed E-state index contributed by atoms with van der Waals surface area (Å²) >= 11 is 5.72. The van der Waals surface area contributed by atoms with Crippen LogP contribution in [-0.4, -0.2) is 29.3 Å². The summed E-state index contributed by atoms with van der Waals surface area (Å²) in [5.74, 6) is 1.42. The van der Waals surface area contributed by atoms with Crippen molar-refractivity contribution in [1.82, 2.24) is 4.90 Å². The van der Waals surface area contributed by atoms with Gasteiger partial charge in [-0.3, -0.25) is 4.79 Å². The van der Waals surface area contributed by atoms with Crippen molar-refractivity contribution in [2.45, 2.75) is 52.0 Å². The Bertz CT molecular complexity index is 277. The third-order valence-electron chi connectivity index (χ3n) is 4.14. The summed E-state index contributed by atoms with van der Waals surface area (Å²) in [6.45, 7) is 5.36. The second kappa shape index (κ2) is 4.56. The van der Waals surface area contributed by atoms with Gasteiger partial charge < -0.3 is 4.90 Å². The van der Waals surface area contributed by atoms with Crippen molar-refractivity contribution in [2.75, 3.05) is 12.4 Å².